The van der Waals surface area contributed by atoms with E-state index in [2.05, 4.69) is 0 Å². The fourth-order valence-corrected chi connectivity index (χ4v) is 2.69. The SMILES string of the molecule is CN(C(=O)CCC(=O)O)C1CCSC1. The zero-order valence-corrected chi connectivity index (χ0v) is 9.05. The quantitative estimate of drug-likeness (QED) is 0.757. The van der Waals surface area contributed by atoms with Crippen LogP contribution in [0.4, 0.5) is 0 Å². The Balaban J connectivity index is 2.31. The van der Waals surface area contributed by atoms with Crippen molar-refractivity contribution in [2.24, 2.45) is 0 Å². The summed E-state index contributed by atoms with van der Waals surface area (Å²) < 4.78 is 0. The summed E-state index contributed by atoms with van der Waals surface area (Å²) in [4.78, 5) is 23.5. The summed E-state index contributed by atoms with van der Waals surface area (Å²) >= 11 is 1.84. The smallest absolute Gasteiger partial charge is 0.303 e. The van der Waals surface area contributed by atoms with Gasteiger partial charge in [-0.1, -0.05) is 0 Å². The van der Waals surface area contributed by atoms with Crippen LogP contribution < -0.4 is 0 Å². The maximum atomic E-state index is 11.5. The van der Waals surface area contributed by atoms with Crippen LogP contribution in [0.3, 0.4) is 0 Å². The van der Waals surface area contributed by atoms with E-state index in [9.17, 15) is 9.59 Å². The molecule has 0 aromatic carbocycles. The molecule has 1 aliphatic heterocycles. The van der Waals surface area contributed by atoms with Gasteiger partial charge in [-0.2, -0.15) is 11.8 Å². The fourth-order valence-electron chi connectivity index (χ4n) is 1.42. The lowest BCUT2D eigenvalue weighted by molar-refractivity contribution is -0.141. The van der Waals surface area contributed by atoms with Gasteiger partial charge in [0.1, 0.15) is 0 Å². The van der Waals surface area contributed by atoms with Gasteiger partial charge in [-0.05, 0) is 12.2 Å². The molecule has 1 rings (SSSR count). The van der Waals surface area contributed by atoms with E-state index in [0.717, 1.165) is 17.9 Å². The lowest BCUT2D eigenvalue weighted by atomic mass is 10.2. The van der Waals surface area contributed by atoms with Crippen LogP contribution >= 0.6 is 11.8 Å². The van der Waals surface area contributed by atoms with Crippen LogP contribution in [0.1, 0.15) is 19.3 Å². The van der Waals surface area contributed by atoms with Crippen LogP contribution in [0.25, 0.3) is 0 Å². The molecule has 1 unspecified atom stereocenters. The predicted molar refractivity (Wildman–Crippen MR) is 55.4 cm³/mol. The second-order valence-electron chi connectivity index (χ2n) is 3.42. The van der Waals surface area contributed by atoms with Gasteiger partial charge in [-0.25, -0.2) is 0 Å². The maximum absolute atomic E-state index is 11.5. The largest absolute Gasteiger partial charge is 0.481 e. The molecule has 0 aliphatic carbocycles. The topological polar surface area (TPSA) is 57.6 Å². The van der Waals surface area contributed by atoms with E-state index in [-0.39, 0.29) is 18.7 Å². The summed E-state index contributed by atoms with van der Waals surface area (Å²) in [7, 11) is 1.76. The van der Waals surface area contributed by atoms with Crippen LogP contribution in [-0.2, 0) is 9.59 Å². The molecular formula is C9H15NO3S. The molecule has 4 nitrogen and oxygen atoms in total. The number of rotatable bonds is 4. The molecule has 80 valence electrons. The summed E-state index contributed by atoms with van der Waals surface area (Å²) in [5.74, 6) is 1.11. The molecule has 1 aliphatic rings. The number of carboxylic acids is 1. The van der Waals surface area contributed by atoms with Crippen LogP contribution in [0.5, 0.6) is 0 Å². The van der Waals surface area contributed by atoms with Gasteiger partial charge in [-0.3, -0.25) is 9.59 Å². The molecule has 0 aromatic rings. The highest BCUT2D eigenvalue weighted by atomic mass is 32.2. The van der Waals surface area contributed by atoms with Gasteiger partial charge in [0.25, 0.3) is 0 Å². The first-order chi connectivity index (χ1) is 6.61. The Morgan fingerprint density at radius 3 is 2.71 bits per heavy atom. The van der Waals surface area contributed by atoms with Crippen molar-refractivity contribution >= 4 is 23.6 Å². The minimum Gasteiger partial charge on any atom is -0.481 e. The highest BCUT2D eigenvalue weighted by molar-refractivity contribution is 7.99. The normalized spacial score (nSPS) is 20.8. The third kappa shape index (κ3) is 3.21. The van der Waals surface area contributed by atoms with E-state index in [1.165, 1.54) is 0 Å². The van der Waals surface area contributed by atoms with E-state index in [1.54, 1.807) is 11.9 Å². The molecule has 0 saturated carbocycles. The Labute approximate surface area is 87.7 Å². The van der Waals surface area contributed by atoms with Crippen LogP contribution in [0, 0.1) is 0 Å². The first-order valence-electron chi connectivity index (χ1n) is 4.66. The number of thioether (sulfide) groups is 1. The molecule has 0 radical (unpaired) electrons. The van der Waals surface area contributed by atoms with Crippen molar-refractivity contribution < 1.29 is 14.7 Å². The van der Waals surface area contributed by atoms with Crippen LogP contribution in [-0.4, -0.2) is 46.5 Å². The number of amides is 1. The van der Waals surface area contributed by atoms with Gasteiger partial charge in [-0.15, -0.1) is 0 Å². The average molecular weight is 217 g/mol. The molecule has 14 heavy (non-hydrogen) atoms. The molecule has 1 fully saturated rings. The third-order valence-electron chi connectivity index (χ3n) is 2.40. The Hall–Kier alpha value is -0.710. The lowest BCUT2D eigenvalue weighted by Gasteiger charge is -2.23. The highest BCUT2D eigenvalue weighted by Crippen LogP contribution is 2.21. The first-order valence-corrected chi connectivity index (χ1v) is 5.82. The maximum Gasteiger partial charge on any atom is 0.303 e. The Morgan fingerprint density at radius 2 is 2.21 bits per heavy atom. The second kappa shape index (κ2) is 5.24. The summed E-state index contributed by atoms with van der Waals surface area (Å²) in [6.45, 7) is 0. The molecule has 0 aromatic heterocycles. The van der Waals surface area contributed by atoms with E-state index in [0.29, 0.717) is 6.04 Å². The van der Waals surface area contributed by atoms with Gasteiger partial charge in [0.05, 0.1) is 6.42 Å². The molecule has 1 saturated heterocycles. The zero-order chi connectivity index (χ0) is 10.6. The molecule has 1 N–H and O–H groups in total. The number of aliphatic carboxylic acids is 1. The standard InChI is InChI=1S/C9H15NO3S/c1-10(7-4-5-14-6-7)8(11)2-3-9(12)13/h7H,2-6H2,1H3,(H,12,13). The van der Waals surface area contributed by atoms with Crippen molar-refractivity contribution in [1.29, 1.82) is 0 Å². The Bertz CT molecular complexity index is 226. The zero-order valence-electron chi connectivity index (χ0n) is 8.23. The van der Waals surface area contributed by atoms with Gasteiger partial charge in [0, 0.05) is 25.3 Å². The van der Waals surface area contributed by atoms with Crippen molar-refractivity contribution in [1.82, 2.24) is 4.90 Å². The molecular weight excluding hydrogens is 202 g/mol. The van der Waals surface area contributed by atoms with E-state index >= 15 is 0 Å². The molecule has 0 bridgehead atoms. The van der Waals surface area contributed by atoms with E-state index < -0.39 is 5.97 Å². The summed E-state index contributed by atoms with van der Waals surface area (Å²) in [5.41, 5.74) is 0. The van der Waals surface area contributed by atoms with Crippen LogP contribution in [0.15, 0.2) is 0 Å². The van der Waals surface area contributed by atoms with E-state index in [1.807, 2.05) is 11.8 Å². The summed E-state index contributed by atoms with van der Waals surface area (Å²) in [5, 5.41) is 8.43. The van der Waals surface area contributed by atoms with Gasteiger partial charge >= 0.3 is 5.97 Å². The Kier molecular flexibility index (Phi) is 4.25. The molecule has 5 heteroatoms. The van der Waals surface area contributed by atoms with Crippen molar-refractivity contribution in [3.05, 3.63) is 0 Å². The van der Waals surface area contributed by atoms with Crippen LogP contribution in [0.2, 0.25) is 0 Å². The molecule has 0 spiro atoms. The summed E-state index contributed by atoms with van der Waals surface area (Å²) in [6, 6.07) is 0.307. The minimum atomic E-state index is -0.910. The van der Waals surface area contributed by atoms with Crippen molar-refractivity contribution in [2.75, 3.05) is 18.6 Å². The first kappa shape index (κ1) is 11.4. The number of carbonyl (C=O) groups is 2. The predicted octanol–water partition coefficient (Wildman–Crippen LogP) is 0.815. The third-order valence-corrected chi connectivity index (χ3v) is 3.54. The van der Waals surface area contributed by atoms with Gasteiger partial charge in [0.15, 0.2) is 0 Å². The number of hydrogen-bond acceptors (Lipinski definition) is 3. The molecule has 1 atom stereocenters. The Morgan fingerprint density at radius 1 is 1.50 bits per heavy atom. The van der Waals surface area contributed by atoms with Crippen molar-refractivity contribution in [2.45, 2.75) is 25.3 Å². The summed E-state index contributed by atoms with van der Waals surface area (Å²) in [6.07, 6.45) is 1.08. The number of hydrogen-bond donors (Lipinski definition) is 1. The number of nitrogens with zero attached hydrogens (tertiary/aromatic N) is 1. The average Bonchev–Trinajstić information content (AvgIpc) is 2.65. The molecule has 1 heterocycles. The second-order valence-corrected chi connectivity index (χ2v) is 4.57. The number of carboxylic acid groups (broad SMARTS) is 1. The van der Waals surface area contributed by atoms with Gasteiger partial charge < -0.3 is 10.0 Å². The van der Waals surface area contributed by atoms with Crippen molar-refractivity contribution in [3.8, 4) is 0 Å². The van der Waals surface area contributed by atoms with E-state index in [4.69, 9.17) is 5.11 Å². The van der Waals surface area contributed by atoms with Gasteiger partial charge in [0.2, 0.25) is 5.91 Å². The van der Waals surface area contributed by atoms with Crippen molar-refractivity contribution in [3.63, 3.8) is 0 Å². The highest BCUT2D eigenvalue weighted by Gasteiger charge is 2.23. The number of carbonyl (C=O) groups excluding carboxylic acids is 1. The monoisotopic (exact) mass is 217 g/mol. The minimum absolute atomic E-state index is 0.0556. The molecule has 1 amide bonds. The lowest BCUT2D eigenvalue weighted by Crippen LogP contribution is -2.37. The fraction of sp³-hybridized carbons (Fsp3) is 0.778.